The molecule has 3 nitrogen and oxygen atoms in total. The molecule has 12 heavy (non-hydrogen) atoms. The number of aryl methyl sites for hydroxylation is 1. The molecule has 2 unspecified atom stereocenters. The molecule has 0 aliphatic carbocycles. The van der Waals surface area contributed by atoms with Crippen LogP contribution in [0, 0.1) is 0 Å². The minimum absolute atomic E-state index is 0.402. The van der Waals surface area contributed by atoms with Crippen molar-refractivity contribution in [3.05, 3.63) is 10.3 Å². The second-order valence-corrected chi connectivity index (χ2v) is 5.05. The summed E-state index contributed by atoms with van der Waals surface area (Å²) in [6.45, 7) is 4.26. The normalized spacial score (nSPS) is 16.1. The summed E-state index contributed by atoms with van der Waals surface area (Å²) in [5.74, 6) is 0.402. The highest BCUT2D eigenvalue weighted by molar-refractivity contribution is 9.10. The number of halogens is 2. The van der Waals surface area contributed by atoms with Gasteiger partial charge >= 0.3 is 0 Å². The van der Waals surface area contributed by atoms with E-state index in [2.05, 4.69) is 56.0 Å². The van der Waals surface area contributed by atoms with E-state index in [1.54, 1.807) is 4.68 Å². The van der Waals surface area contributed by atoms with Gasteiger partial charge in [-0.05, 0) is 15.9 Å². The van der Waals surface area contributed by atoms with Gasteiger partial charge in [-0.3, -0.25) is 4.68 Å². The summed E-state index contributed by atoms with van der Waals surface area (Å²) in [7, 11) is 1.90. The molecule has 1 heterocycles. The SMILES string of the molecule is CC(Br)C(C)c1c(Br)nnn1C. The van der Waals surface area contributed by atoms with Crippen LogP contribution in [0.4, 0.5) is 0 Å². The maximum Gasteiger partial charge on any atom is 0.151 e. The van der Waals surface area contributed by atoms with Crippen molar-refractivity contribution in [2.45, 2.75) is 24.6 Å². The summed E-state index contributed by atoms with van der Waals surface area (Å²) in [5.41, 5.74) is 1.12. The van der Waals surface area contributed by atoms with Gasteiger partial charge in [0, 0.05) is 17.8 Å². The van der Waals surface area contributed by atoms with Crippen LogP contribution in [-0.4, -0.2) is 19.8 Å². The highest BCUT2D eigenvalue weighted by atomic mass is 79.9. The summed E-state index contributed by atoms with van der Waals surface area (Å²) in [4.78, 5) is 0.422. The largest absolute Gasteiger partial charge is 0.251 e. The van der Waals surface area contributed by atoms with Crippen molar-refractivity contribution in [1.29, 1.82) is 0 Å². The first-order chi connectivity index (χ1) is 5.54. The van der Waals surface area contributed by atoms with Crippen molar-refractivity contribution in [3.63, 3.8) is 0 Å². The first kappa shape index (κ1) is 10.2. The molecule has 0 saturated carbocycles. The van der Waals surface area contributed by atoms with E-state index < -0.39 is 0 Å². The minimum Gasteiger partial charge on any atom is -0.251 e. The zero-order chi connectivity index (χ0) is 9.30. The molecule has 0 saturated heterocycles. The van der Waals surface area contributed by atoms with E-state index in [0.717, 1.165) is 10.3 Å². The van der Waals surface area contributed by atoms with Gasteiger partial charge in [-0.15, -0.1) is 5.10 Å². The molecule has 68 valence electrons. The third-order valence-electron chi connectivity index (χ3n) is 1.95. The first-order valence-corrected chi connectivity index (χ1v) is 5.44. The quantitative estimate of drug-likeness (QED) is 0.785. The predicted molar refractivity (Wildman–Crippen MR) is 55.5 cm³/mol. The van der Waals surface area contributed by atoms with Crippen LogP contribution in [0.1, 0.15) is 25.5 Å². The molecular formula is C7H11Br2N3. The van der Waals surface area contributed by atoms with E-state index in [1.807, 2.05) is 7.05 Å². The molecule has 1 aromatic rings. The Morgan fingerprint density at radius 2 is 2.00 bits per heavy atom. The van der Waals surface area contributed by atoms with Gasteiger partial charge in [-0.2, -0.15) is 0 Å². The van der Waals surface area contributed by atoms with Gasteiger partial charge < -0.3 is 0 Å². The van der Waals surface area contributed by atoms with Crippen molar-refractivity contribution in [3.8, 4) is 0 Å². The fraction of sp³-hybridized carbons (Fsp3) is 0.714. The van der Waals surface area contributed by atoms with Crippen LogP contribution in [-0.2, 0) is 7.05 Å². The molecule has 1 aromatic heterocycles. The van der Waals surface area contributed by atoms with E-state index >= 15 is 0 Å². The smallest absolute Gasteiger partial charge is 0.151 e. The fourth-order valence-corrected chi connectivity index (χ4v) is 1.98. The maximum atomic E-state index is 3.93. The molecule has 0 aromatic carbocycles. The zero-order valence-electron chi connectivity index (χ0n) is 7.25. The number of alkyl halides is 1. The maximum absolute atomic E-state index is 3.93. The van der Waals surface area contributed by atoms with E-state index in [0.29, 0.717) is 10.7 Å². The van der Waals surface area contributed by atoms with Gasteiger partial charge in [-0.1, -0.05) is 35.0 Å². The zero-order valence-corrected chi connectivity index (χ0v) is 10.4. The molecule has 0 aliphatic heterocycles. The molecule has 2 atom stereocenters. The topological polar surface area (TPSA) is 30.7 Å². The average molecular weight is 297 g/mol. The van der Waals surface area contributed by atoms with Crippen LogP contribution in [0.2, 0.25) is 0 Å². The Morgan fingerprint density at radius 1 is 1.42 bits per heavy atom. The molecule has 0 aliphatic rings. The minimum atomic E-state index is 0.402. The monoisotopic (exact) mass is 295 g/mol. The lowest BCUT2D eigenvalue weighted by Gasteiger charge is -2.13. The molecule has 0 N–H and O–H groups in total. The third-order valence-corrected chi connectivity index (χ3v) is 3.30. The Hall–Kier alpha value is 0.1000. The summed E-state index contributed by atoms with van der Waals surface area (Å²) in [6.07, 6.45) is 0. The van der Waals surface area contributed by atoms with Crippen LogP contribution in [0.25, 0.3) is 0 Å². The Kier molecular flexibility index (Phi) is 3.29. The van der Waals surface area contributed by atoms with Crippen LogP contribution in [0.5, 0.6) is 0 Å². The number of rotatable bonds is 2. The van der Waals surface area contributed by atoms with Crippen LogP contribution in [0.15, 0.2) is 4.60 Å². The second-order valence-electron chi connectivity index (χ2n) is 2.86. The summed E-state index contributed by atoms with van der Waals surface area (Å²) < 4.78 is 2.63. The molecule has 0 fully saturated rings. The van der Waals surface area contributed by atoms with Crippen LogP contribution >= 0.6 is 31.9 Å². The van der Waals surface area contributed by atoms with Gasteiger partial charge in [0.2, 0.25) is 0 Å². The van der Waals surface area contributed by atoms with E-state index in [-0.39, 0.29) is 0 Å². The molecule has 5 heteroatoms. The van der Waals surface area contributed by atoms with Crippen molar-refractivity contribution >= 4 is 31.9 Å². The third kappa shape index (κ3) is 1.88. The highest BCUT2D eigenvalue weighted by Gasteiger charge is 2.19. The van der Waals surface area contributed by atoms with Crippen molar-refractivity contribution in [1.82, 2.24) is 15.0 Å². The van der Waals surface area contributed by atoms with Crippen molar-refractivity contribution < 1.29 is 0 Å². The van der Waals surface area contributed by atoms with Gasteiger partial charge in [0.25, 0.3) is 0 Å². The lowest BCUT2D eigenvalue weighted by Crippen LogP contribution is -2.10. The highest BCUT2D eigenvalue weighted by Crippen LogP contribution is 2.27. The Balaban J connectivity index is 3.00. The molecule has 0 amide bonds. The number of nitrogens with zero attached hydrogens (tertiary/aromatic N) is 3. The average Bonchev–Trinajstić information content (AvgIpc) is 2.30. The standard InChI is InChI=1S/C7H11Br2N3/c1-4(5(2)8)6-7(9)10-11-12(6)3/h4-5H,1-3H3. The fourth-order valence-electron chi connectivity index (χ4n) is 1.04. The Bertz CT molecular complexity index is 250. The summed E-state index contributed by atoms with van der Waals surface area (Å²) >= 11 is 6.91. The molecule has 0 radical (unpaired) electrons. The molecule has 1 rings (SSSR count). The first-order valence-electron chi connectivity index (χ1n) is 3.73. The summed E-state index contributed by atoms with van der Waals surface area (Å²) in [6, 6.07) is 0. The number of hydrogen-bond acceptors (Lipinski definition) is 2. The second kappa shape index (κ2) is 3.87. The van der Waals surface area contributed by atoms with Gasteiger partial charge in [0.15, 0.2) is 4.60 Å². The van der Waals surface area contributed by atoms with Crippen molar-refractivity contribution in [2.75, 3.05) is 0 Å². The van der Waals surface area contributed by atoms with E-state index in [9.17, 15) is 0 Å². The molecule has 0 bridgehead atoms. The lowest BCUT2D eigenvalue weighted by molar-refractivity contribution is 0.623. The number of hydrogen-bond donors (Lipinski definition) is 0. The Labute approximate surface area is 88.8 Å². The van der Waals surface area contributed by atoms with Gasteiger partial charge in [0.05, 0.1) is 5.69 Å². The molecular weight excluding hydrogens is 286 g/mol. The molecule has 0 spiro atoms. The predicted octanol–water partition coefficient (Wildman–Crippen LogP) is 2.46. The van der Waals surface area contributed by atoms with Crippen LogP contribution in [0.3, 0.4) is 0 Å². The van der Waals surface area contributed by atoms with Gasteiger partial charge in [-0.25, -0.2) is 0 Å². The van der Waals surface area contributed by atoms with Gasteiger partial charge in [0.1, 0.15) is 0 Å². The van der Waals surface area contributed by atoms with Crippen molar-refractivity contribution in [2.24, 2.45) is 7.05 Å². The summed E-state index contributed by atoms with van der Waals surface area (Å²) in [5, 5.41) is 7.85. The Morgan fingerprint density at radius 3 is 2.33 bits per heavy atom. The number of aromatic nitrogens is 3. The van der Waals surface area contributed by atoms with Crippen LogP contribution < -0.4 is 0 Å². The lowest BCUT2D eigenvalue weighted by atomic mass is 10.1. The van der Waals surface area contributed by atoms with E-state index in [4.69, 9.17) is 0 Å². The van der Waals surface area contributed by atoms with E-state index in [1.165, 1.54) is 0 Å².